The van der Waals surface area contributed by atoms with E-state index in [1.165, 1.54) is 0 Å². The van der Waals surface area contributed by atoms with Gasteiger partial charge in [0.15, 0.2) is 0 Å². The van der Waals surface area contributed by atoms with Gasteiger partial charge < -0.3 is 0 Å². The van der Waals surface area contributed by atoms with Crippen molar-refractivity contribution in [3.05, 3.63) is 0 Å². The molecule has 0 atom stereocenters. The van der Waals surface area contributed by atoms with Crippen LogP contribution >= 0.6 is 0 Å². The molecular weight excluding hydrogens is 181 g/mol. The van der Waals surface area contributed by atoms with Gasteiger partial charge in [0.1, 0.15) is 0 Å². The highest BCUT2D eigenvalue weighted by molar-refractivity contribution is 7.86. The molecule has 66 valence electrons. The molecule has 0 aromatic rings. The molecule has 11 heavy (non-hydrogen) atoms. The van der Waals surface area contributed by atoms with Crippen LogP contribution in [0.4, 0.5) is 12.7 Å². The first-order valence-electron chi connectivity index (χ1n) is 3.06. The van der Waals surface area contributed by atoms with Crippen LogP contribution in [-0.2, 0) is 10.2 Å². The largest absolute Gasteiger partial charge is 0.303 e. The second-order valence-electron chi connectivity index (χ2n) is 2.85. The third-order valence-electron chi connectivity index (χ3n) is 1.82. The van der Waals surface area contributed by atoms with E-state index in [9.17, 15) is 21.1 Å². The second kappa shape index (κ2) is 2.36. The van der Waals surface area contributed by atoms with E-state index < -0.39 is 27.8 Å². The van der Waals surface area contributed by atoms with Crippen LogP contribution < -0.4 is 0 Å². The van der Waals surface area contributed by atoms with Gasteiger partial charge in [-0.25, -0.2) is 8.78 Å². The molecule has 0 amide bonds. The Hall–Kier alpha value is -0.260. The second-order valence-corrected chi connectivity index (χ2v) is 4.21. The smallest absolute Gasteiger partial charge is 0.210 e. The Morgan fingerprint density at radius 2 is 1.82 bits per heavy atom. The Bertz CT molecular complexity index is 242. The summed E-state index contributed by atoms with van der Waals surface area (Å²) in [5, 5.41) is 0. The Kier molecular flexibility index (Phi) is 1.90. The lowest BCUT2D eigenvalue weighted by atomic mass is 10.2. The summed E-state index contributed by atoms with van der Waals surface area (Å²) in [5.41, 5.74) is -1.56. The predicted molar refractivity (Wildman–Crippen MR) is 32.6 cm³/mol. The maximum Gasteiger partial charge on any atom is 0.303 e. The maximum atomic E-state index is 12.0. The summed E-state index contributed by atoms with van der Waals surface area (Å²) in [6.07, 6.45) is -2.52. The quantitative estimate of drug-likeness (QED) is 0.626. The lowest BCUT2D eigenvalue weighted by molar-refractivity contribution is 0.0732. The number of hydrogen-bond acceptors (Lipinski definition) is 2. The van der Waals surface area contributed by atoms with Crippen LogP contribution in [0, 0.1) is 5.41 Å². The molecule has 0 heterocycles. The van der Waals surface area contributed by atoms with Crippen LogP contribution in [0.2, 0.25) is 0 Å². The summed E-state index contributed by atoms with van der Waals surface area (Å²) in [6, 6.07) is 0. The minimum absolute atomic E-state index is 0.105. The first-order chi connectivity index (χ1) is 4.86. The zero-order valence-corrected chi connectivity index (χ0v) is 6.37. The predicted octanol–water partition coefficient (Wildman–Crippen LogP) is 1.33. The zero-order chi connectivity index (χ0) is 8.70. The molecule has 0 aromatic carbocycles. The Morgan fingerprint density at radius 3 is 1.91 bits per heavy atom. The van der Waals surface area contributed by atoms with Crippen molar-refractivity contribution >= 4 is 10.2 Å². The number of rotatable bonds is 3. The lowest BCUT2D eigenvalue weighted by Crippen LogP contribution is -2.21. The molecule has 0 spiro atoms. The lowest BCUT2D eigenvalue weighted by Gasteiger charge is -2.09. The van der Waals surface area contributed by atoms with Crippen LogP contribution in [0.5, 0.6) is 0 Å². The molecular formula is C5H7F3O2S. The van der Waals surface area contributed by atoms with Crippen LogP contribution in [-0.4, -0.2) is 20.6 Å². The fourth-order valence-corrected chi connectivity index (χ4v) is 2.03. The van der Waals surface area contributed by atoms with E-state index in [0.29, 0.717) is 0 Å². The normalized spacial score (nSPS) is 22.2. The van der Waals surface area contributed by atoms with Crippen LogP contribution in [0.15, 0.2) is 0 Å². The molecule has 1 saturated carbocycles. The molecule has 1 fully saturated rings. The first kappa shape index (κ1) is 8.83. The van der Waals surface area contributed by atoms with Gasteiger partial charge in [-0.1, -0.05) is 0 Å². The Morgan fingerprint density at radius 1 is 1.36 bits per heavy atom. The van der Waals surface area contributed by atoms with E-state index in [-0.39, 0.29) is 12.8 Å². The summed E-state index contributed by atoms with van der Waals surface area (Å²) in [4.78, 5) is 0. The highest BCUT2D eigenvalue weighted by atomic mass is 32.3. The minimum Gasteiger partial charge on any atom is -0.210 e. The van der Waals surface area contributed by atoms with Gasteiger partial charge in [0.05, 0.1) is 5.75 Å². The summed E-state index contributed by atoms with van der Waals surface area (Å²) >= 11 is 0. The summed E-state index contributed by atoms with van der Waals surface area (Å²) in [6.45, 7) is 0. The third-order valence-corrected chi connectivity index (χ3v) is 2.73. The average molecular weight is 188 g/mol. The first-order valence-corrected chi connectivity index (χ1v) is 4.61. The monoisotopic (exact) mass is 188 g/mol. The maximum absolute atomic E-state index is 12.0. The van der Waals surface area contributed by atoms with Crippen molar-refractivity contribution in [1.29, 1.82) is 0 Å². The summed E-state index contributed by atoms with van der Waals surface area (Å²) in [7, 11) is -4.74. The Labute approximate surface area is 62.6 Å². The SMILES string of the molecule is O=S(=O)(F)CC1(C(F)F)CC1. The summed E-state index contributed by atoms with van der Waals surface area (Å²) in [5.74, 6) is -1.03. The number of hydrogen-bond donors (Lipinski definition) is 0. The van der Waals surface area contributed by atoms with E-state index in [1.807, 2.05) is 0 Å². The molecule has 2 nitrogen and oxygen atoms in total. The van der Waals surface area contributed by atoms with Crippen molar-refractivity contribution in [2.24, 2.45) is 5.41 Å². The molecule has 0 N–H and O–H groups in total. The molecule has 0 unspecified atom stereocenters. The molecule has 6 heteroatoms. The van der Waals surface area contributed by atoms with Gasteiger partial charge in [0, 0.05) is 5.41 Å². The standard InChI is InChI=1S/C5H7F3O2S/c6-4(7)5(1-2-5)3-11(8,9)10/h4H,1-3H2. The van der Waals surface area contributed by atoms with Crippen LogP contribution in [0.3, 0.4) is 0 Å². The van der Waals surface area contributed by atoms with Gasteiger partial charge >= 0.3 is 10.2 Å². The third kappa shape index (κ3) is 2.08. The highest BCUT2D eigenvalue weighted by Gasteiger charge is 2.53. The molecule has 0 aromatic heterocycles. The van der Waals surface area contributed by atoms with Crippen molar-refractivity contribution in [3.63, 3.8) is 0 Å². The van der Waals surface area contributed by atoms with E-state index in [4.69, 9.17) is 0 Å². The number of alkyl halides is 2. The van der Waals surface area contributed by atoms with E-state index in [0.717, 1.165) is 0 Å². The Balaban J connectivity index is 2.63. The summed E-state index contributed by atoms with van der Waals surface area (Å²) < 4.78 is 55.9. The average Bonchev–Trinajstić information content (AvgIpc) is 2.43. The van der Waals surface area contributed by atoms with Crippen molar-refractivity contribution in [3.8, 4) is 0 Å². The van der Waals surface area contributed by atoms with Crippen LogP contribution in [0.25, 0.3) is 0 Å². The van der Waals surface area contributed by atoms with Crippen molar-refractivity contribution < 1.29 is 21.1 Å². The molecule has 1 rings (SSSR count). The van der Waals surface area contributed by atoms with E-state index >= 15 is 0 Å². The van der Waals surface area contributed by atoms with Crippen molar-refractivity contribution in [2.75, 3.05) is 5.75 Å². The highest BCUT2D eigenvalue weighted by Crippen LogP contribution is 2.51. The van der Waals surface area contributed by atoms with Gasteiger partial charge in [-0.2, -0.15) is 8.42 Å². The minimum atomic E-state index is -4.74. The zero-order valence-electron chi connectivity index (χ0n) is 5.56. The van der Waals surface area contributed by atoms with Crippen molar-refractivity contribution in [2.45, 2.75) is 19.3 Å². The number of halogens is 3. The van der Waals surface area contributed by atoms with Gasteiger partial charge in [0.25, 0.3) is 0 Å². The fourth-order valence-electron chi connectivity index (χ4n) is 0.929. The fraction of sp³-hybridized carbons (Fsp3) is 1.00. The molecule has 0 saturated heterocycles. The van der Waals surface area contributed by atoms with Gasteiger partial charge in [-0.3, -0.25) is 0 Å². The molecule has 0 aliphatic heterocycles. The van der Waals surface area contributed by atoms with E-state index in [2.05, 4.69) is 0 Å². The molecule has 1 aliphatic rings. The van der Waals surface area contributed by atoms with E-state index in [1.54, 1.807) is 0 Å². The topological polar surface area (TPSA) is 34.1 Å². The molecule has 0 radical (unpaired) electrons. The van der Waals surface area contributed by atoms with Gasteiger partial charge in [-0.05, 0) is 12.8 Å². The van der Waals surface area contributed by atoms with Gasteiger partial charge in [0.2, 0.25) is 6.43 Å². The van der Waals surface area contributed by atoms with Crippen LogP contribution in [0.1, 0.15) is 12.8 Å². The molecule has 0 bridgehead atoms. The van der Waals surface area contributed by atoms with Gasteiger partial charge in [-0.15, -0.1) is 3.89 Å². The van der Waals surface area contributed by atoms with Crippen molar-refractivity contribution in [1.82, 2.24) is 0 Å². The molecule has 1 aliphatic carbocycles.